The molecule has 2 aromatic rings. The third kappa shape index (κ3) is 3.52. The number of hydrogen-bond acceptors (Lipinski definition) is 8. The molecule has 0 radical (unpaired) electrons. The summed E-state index contributed by atoms with van der Waals surface area (Å²) in [5.74, 6) is -1.46. The highest BCUT2D eigenvalue weighted by atomic mass is 16.7. The number of carbonyl (C=O) groups is 1. The highest BCUT2D eigenvalue weighted by Gasteiger charge is 2.48. The zero-order valence-corrected chi connectivity index (χ0v) is 14.4. The van der Waals surface area contributed by atoms with Crippen LogP contribution < -0.4 is 10.3 Å². The van der Waals surface area contributed by atoms with Crippen LogP contribution in [0, 0.1) is 0 Å². The molecule has 5 atom stereocenters. The van der Waals surface area contributed by atoms with Gasteiger partial charge in [-0.05, 0) is 18.6 Å². The predicted molar refractivity (Wildman–Crippen MR) is 90.4 cm³/mol. The molecule has 3 heterocycles. The van der Waals surface area contributed by atoms with Crippen molar-refractivity contribution in [2.75, 3.05) is 0 Å². The summed E-state index contributed by atoms with van der Waals surface area (Å²) in [7, 11) is 0. The Morgan fingerprint density at radius 2 is 2.04 bits per heavy atom. The molecule has 10 heteroatoms. The van der Waals surface area contributed by atoms with Crippen LogP contribution in [0.2, 0.25) is 0 Å². The largest absolute Gasteiger partial charge is 0.479 e. The molecule has 1 aliphatic heterocycles. The lowest BCUT2D eigenvalue weighted by Gasteiger charge is -2.38. The van der Waals surface area contributed by atoms with E-state index in [1.54, 1.807) is 0 Å². The zero-order valence-electron chi connectivity index (χ0n) is 14.4. The lowest BCUT2D eigenvalue weighted by Crippen LogP contribution is -2.61. The number of aliphatic hydroxyl groups excluding tert-OH is 3. The molecule has 0 unspecified atom stereocenters. The molecular formula is C17H20N2O8. The SMILES string of the molecule is CCCc1cnc2c(O[C@@H]3O[C@H](C(=O)O)[C@@H](O)[C@H](O)[C@H]3O)cccn2c1=O. The fraction of sp³-hybridized carbons (Fsp3) is 0.471. The molecule has 0 aromatic carbocycles. The maximum Gasteiger partial charge on any atom is 0.335 e. The highest BCUT2D eigenvalue weighted by Crippen LogP contribution is 2.26. The summed E-state index contributed by atoms with van der Waals surface area (Å²) in [6, 6.07) is 2.99. The standard InChI is InChI=1S/C17H20N2O8/c1-2-4-8-7-18-14-9(5-3-6-19(14)15(8)23)26-17-12(22)10(20)11(21)13(27-17)16(24)25/h3,5-7,10-13,17,20-22H,2,4H2,1H3,(H,24,25)/t10-,11-,12+,13-,17+/m0/s1. The Morgan fingerprint density at radius 3 is 2.70 bits per heavy atom. The minimum atomic E-state index is -1.82. The van der Waals surface area contributed by atoms with Crippen molar-refractivity contribution in [3.8, 4) is 5.75 Å². The zero-order chi connectivity index (χ0) is 19.7. The molecule has 1 fully saturated rings. The average molecular weight is 380 g/mol. The Bertz CT molecular complexity index is 898. The number of aliphatic carboxylic acids is 1. The number of rotatable bonds is 5. The van der Waals surface area contributed by atoms with E-state index in [4.69, 9.17) is 14.6 Å². The van der Waals surface area contributed by atoms with Crippen molar-refractivity contribution < 1.29 is 34.7 Å². The van der Waals surface area contributed by atoms with Gasteiger partial charge in [-0.2, -0.15) is 0 Å². The number of ether oxygens (including phenoxy) is 2. The van der Waals surface area contributed by atoms with Gasteiger partial charge in [-0.3, -0.25) is 9.20 Å². The van der Waals surface area contributed by atoms with Crippen molar-refractivity contribution >= 4 is 11.6 Å². The van der Waals surface area contributed by atoms with Gasteiger partial charge in [-0.25, -0.2) is 9.78 Å². The van der Waals surface area contributed by atoms with Gasteiger partial charge in [0, 0.05) is 18.0 Å². The van der Waals surface area contributed by atoms with Crippen LogP contribution >= 0.6 is 0 Å². The Labute approximate surface area is 153 Å². The van der Waals surface area contributed by atoms with Gasteiger partial charge >= 0.3 is 5.97 Å². The van der Waals surface area contributed by atoms with E-state index in [1.165, 1.54) is 28.9 Å². The van der Waals surface area contributed by atoms with E-state index in [0.717, 1.165) is 6.42 Å². The molecule has 1 saturated heterocycles. The average Bonchev–Trinajstić information content (AvgIpc) is 2.64. The van der Waals surface area contributed by atoms with Crippen LogP contribution in [0.3, 0.4) is 0 Å². The first-order chi connectivity index (χ1) is 12.8. The number of nitrogens with zero attached hydrogens (tertiary/aromatic N) is 2. The molecule has 4 N–H and O–H groups in total. The van der Waals surface area contributed by atoms with Crippen molar-refractivity contribution in [1.82, 2.24) is 9.38 Å². The molecule has 10 nitrogen and oxygen atoms in total. The molecule has 0 saturated carbocycles. The van der Waals surface area contributed by atoms with Crippen LogP contribution in [0.25, 0.3) is 5.65 Å². The summed E-state index contributed by atoms with van der Waals surface area (Å²) in [5.41, 5.74) is 0.410. The molecule has 0 bridgehead atoms. The number of aromatic nitrogens is 2. The Hall–Kier alpha value is -2.53. The van der Waals surface area contributed by atoms with Gasteiger partial charge in [0.1, 0.15) is 18.3 Å². The van der Waals surface area contributed by atoms with Gasteiger partial charge in [0.25, 0.3) is 5.56 Å². The first-order valence-corrected chi connectivity index (χ1v) is 8.43. The maximum absolute atomic E-state index is 12.5. The van der Waals surface area contributed by atoms with Gasteiger partial charge in [0.05, 0.1) is 0 Å². The van der Waals surface area contributed by atoms with Crippen molar-refractivity contribution in [3.05, 3.63) is 40.4 Å². The summed E-state index contributed by atoms with van der Waals surface area (Å²) >= 11 is 0. The van der Waals surface area contributed by atoms with Crippen molar-refractivity contribution in [2.24, 2.45) is 0 Å². The fourth-order valence-electron chi connectivity index (χ4n) is 2.93. The smallest absolute Gasteiger partial charge is 0.335 e. The van der Waals surface area contributed by atoms with E-state index in [0.29, 0.717) is 12.0 Å². The fourth-order valence-corrected chi connectivity index (χ4v) is 2.93. The van der Waals surface area contributed by atoms with Crippen LogP contribution in [-0.4, -0.2) is 66.5 Å². The highest BCUT2D eigenvalue weighted by molar-refractivity contribution is 5.73. The van der Waals surface area contributed by atoms with E-state index in [2.05, 4.69) is 4.98 Å². The number of aliphatic hydroxyl groups is 3. The molecule has 0 spiro atoms. The number of aryl methyl sites for hydroxylation is 1. The molecule has 3 rings (SSSR count). The van der Waals surface area contributed by atoms with Crippen molar-refractivity contribution in [2.45, 2.75) is 50.5 Å². The summed E-state index contributed by atoms with van der Waals surface area (Å²) in [6.45, 7) is 1.94. The lowest BCUT2D eigenvalue weighted by atomic mass is 9.99. The van der Waals surface area contributed by atoms with Gasteiger partial charge in [0.15, 0.2) is 17.5 Å². The quantitative estimate of drug-likeness (QED) is 0.507. The normalized spacial score (nSPS) is 28.2. The minimum Gasteiger partial charge on any atom is -0.479 e. The number of carboxylic acid groups (broad SMARTS) is 1. The molecular weight excluding hydrogens is 360 g/mol. The van der Waals surface area contributed by atoms with Crippen LogP contribution in [0.5, 0.6) is 5.75 Å². The maximum atomic E-state index is 12.5. The Morgan fingerprint density at radius 1 is 1.30 bits per heavy atom. The second kappa shape index (κ2) is 7.61. The topological polar surface area (TPSA) is 151 Å². The van der Waals surface area contributed by atoms with Crippen molar-refractivity contribution in [3.63, 3.8) is 0 Å². The van der Waals surface area contributed by atoms with E-state index in [9.17, 15) is 24.9 Å². The van der Waals surface area contributed by atoms with Crippen LogP contribution in [-0.2, 0) is 16.0 Å². The first-order valence-electron chi connectivity index (χ1n) is 8.43. The molecule has 0 amide bonds. The molecule has 2 aromatic heterocycles. The third-order valence-corrected chi connectivity index (χ3v) is 4.34. The number of hydrogen-bond donors (Lipinski definition) is 4. The summed E-state index contributed by atoms with van der Waals surface area (Å²) < 4.78 is 11.9. The van der Waals surface area contributed by atoms with Crippen LogP contribution in [0.1, 0.15) is 18.9 Å². The summed E-state index contributed by atoms with van der Waals surface area (Å²) in [4.78, 5) is 27.9. The van der Waals surface area contributed by atoms with Gasteiger partial charge in [-0.1, -0.05) is 13.3 Å². The Kier molecular flexibility index (Phi) is 5.42. The number of carboxylic acids is 1. The Balaban J connectivity index is 1.95. The first kappa shape index (κ1) is 19.2. The summed E-state index contributed by atoms with van der Waals surface area (Å²) in [6.07, 6.45) is -4.39. The van der Waals surface area contributed by atoms with Crippen molar-refractivity contribution in [1.29, 1.82) is 0 Å². The van der Waals surface area contributed by atoms with E-state index in [-0.39, 0.29) is 17.0 Å². The van der Waals surface area contributed by atoms with Gasteiger partial charge < -0.3 is 29.9 Å². The van der Waals surface area contributed by atoms with E-state index < -0.39 is 36.7 Å². The van der Waals surface area contributed by atoms with E-state index in [1.807, 2.05) is 6.92 Å². The minimum absolute atomic E-state index is 0.0504. The molecule has 1 aliphatic rings. The van der Waals surface area contributed by atoms with E-state index >= 15 is 0 Å². The molecule has 0 aliphatic carbocycles. The van der Waals surface area contributed by atoms with Crippen LogP contribution in [0.15, 0.2) is 29.3 Å². The molecule has 146 valence electrons. The molecule has 27 heavy (non-hydrogen) atoms. The van der Waals surface area contributed by atoms with Gasteiger partial charge in [0.2, 0.25) is 6.29 Å². The summed E-state index contributed by atoms with van der Waals surface area (Å²) in [5, 5.41) is 38.8. The lowest BCUT2D eigenvalue weighted by molar-refractivity contribution is -0.271. The number of pyridine rings is 1. The predicted octanol–water partition coefficient (Wildman–Crippen LogP) is -1.08. The van der Waals surface area contributed by atoms with Crippen LogP contribution in [0.4, 0.5) is 0 Å². The second-order valence-corrected chi connectivity index (χ2v) is 6.26. The van der Waals surface area contributed by atoms with Gasteiger partial charge in [-0.15, -0.1) is 0 Å². The monoisotopic (exact) mass is 380 g/mol. The second-order valence-electron chi connectivity index (χ2n) is 6.26. The third-order valence-electron chi connectivity index (χ3n) is 4.34. The number of fused-ring (bicyclic) bond motifs is 1.